The van der Waals surface area contributed by atoms with Gasteiger partial charge in [-0.3, -0.25) is 4.98 Å². The van der Waals surface area contributed by atoms with Gasteiger partial charge in [0.2, 0.25) is 0 Å². The molecule has 0 aliphatic heterocycles. The van der Waals surface area contributed by atoms with Crippen molar-refractivity contribution >= 4 is 23.2 Å². The number of aryl methyl sites for hydroxylation is 1. The van der Waals surface area contributed by atoms with Crippen molar-refractivity contribution in [1.82, 2.24) is 4.98 Å². The van der Waals surface area contributed by atoms with Crippen molar-refractivity contribution in [2.24, 2.45) is 0 Å². The Morgan fingerprint density at radius 3 is 2.35 bits per heavy atom. The van der Waals surface area contributed by atoms with Crippen LogP contribution in [0.15, 0.2) is 30.5 Å². The third-order valence-electron chi connectivity index (χ3n) is 2.51. The minimum Gasteiger partial charge on any atom is -0.494 e. The summed E-state index contributed by atoms with van der Waals surface area (Å²) in [6.45, 7) is 1.95. The van der Waals surface area contributed by atoms with Gasteiger partial charge < -0.3 is 4.74 Å². The summed E-state index contributed by atoms with van der Waals surface area (Å²) in [6.07, 6.45) is 1.72. The van der Waals surface area contributed by atoms with Crippen LogP contribution in [0.2, 0.25) is 10.0 Å². The maximum Gasteiger partial charge on any atom is 0.148 e. The van der Waals surface area contributed by atoms with Crippen molar-refractivity contribution in [3.63, 3.8) is 0 Å². The first-order chi connectivity index (χ1) is 8.15. The largest absolute Gasteiger partial charge is 0.494 e. The lowest BCUT2D eigenvalue weighted by atomic mass is 10.1. The Labute approximate surface area is 110 Å². The zero-order chi connectivity index (χ0) is 12.4. The molecule has 0 amide bonds. The number of methoxy groups -OCH3 is 1. The van der Waals surface area contributed by atoms with Gasteiger partial charge in [0, 0.05) is 11.8 Å². The number of halogens is 2. The van der Waals surface area contributed by atoms with Gasteiger partial charge in [-0.2, -0.15) is 0 Å². The Morgan fingerprint density at radius 2 is 1.76 bits per heavy atom. The van der Waals surface area contributed by atoms with Crippen LogP contribution in [0.5, 0.6) is 5.75 Å². The molecular weight excluding hydrogens is 257 g/mol. The first-order valence-corrected chi connectivity index (χ1v) is 5.84. The highest BCUT2D eigenvalue weighted by Crippen LogP contribution is 2.39. The van der Waals surface area contributed by atoms with Crippen LogP contribution in [-0.2, 0) is 0 Å². The molecule has 0 spiro atoms. The van der Waals surface area contributed by atoms with Crippen LogP contribution in [0.4, 0.5) is 0 Å². The molecule has 88 valence electrons. The highest BCUT2D eigenvalue weighted by atomic mass is 35.5. The van der Waals surface area contributed by atoms with Crippen LogP contribution < -0.4 is 4.74 Å². The first-order valence-electron chi connectivity index (χ1n) is 5.09. The first kappa shape index (κ1) is 12.2. The van der Waals surface area contributed by atoms with Gasteiger partial charge in [0.1, 0.15) is 11.4 Å². The van der Waals surface area contributed by atoms with Crippen molar-refractivity contribution in [2.45, 2.75) is 6.92 Å². The molecule has 0 bridgehead atoms. The van der Waals surface area contributed by atoms with Gasteiger partial charge in [-0.05, 0) is 30.7 Å². The summed E-state index contributed by atoms with van der Waals surface area (Å²) in [4.78, 5) is 4.31. The summed E-state index contributed by atoms with van der Waals surface area (Å²) >= 11 is 12.3. The van der Waals surface area contributed by atoms with Crippen LogP contribution in [0.1, 0.15) is 5.56 Å². The Balaban J connectivity index is 2.73. The van der Waals surface area contributed by atoms with E-state index in [0.29, 0.717) is 27.1 Å². The second-order valence-electron chi connectivity index (χ2n) is 3.61. The molecule has 0 saturated heterocycles. The molecule has 1 heterocycles. The van der Waals surface area contributed by atoms with Crippen LogP contribution >= 0.6 is 23.2 Å². The maximum absolute atomic E-state index is 6.17. The second-order valence-corrected chi connectivity index (χ2v) is 4.42. The number of nitrogens with zero attached hydrogens (tertiary/aromatic N) is 1. The van der Waals surface area contributed by atoms with Crippen LogP contribution in [0.3, 0.4) is 0 Å². The number of benzene rings is 1. The van der Waals surface area contributed by atoms with E-state index in [2.05, 4.69) is 4.98 Å². The third-order valence-corrected chi connectivity index (χ3v) is 3.14. The average Bonchev–Trinajstić information content (AvgIpc) is 2.29. The van der Waals surface area contributed by atoms with Crippen LogP contribution in [0, 0.1) is 6.92 Å². The Kier molecular flexibility index (Phi) is 3.55. The predicted molar refractivity (Wildman–Crippen MR) is 71.0 cm³/mol. The summed E-state index contributed by atoms with van der Waals surface area (Å²) < 4.78 is 5.36. The smallest absolute Gasteiger partial charge is 0.148 e. The fourth-order valence-electron chi connectivity index (χ4n) is 1.70. The molecular formula is C13H11Cl2NO. The molecule has 4 heteroatoms. The zero-order valence-electron chi connectivity index (χ0n) is 9.50. The lowest BCUT2D eigenvalue weighted by Gasteiger charge is -2.12. The third kappa shape index (κ3) is 2.24. The summed E-state index contributed by atoms with van der Waals surface area (Å²) in [7, 11) is 1.61. The quantitative estimate of drug-likeness (QED) is 0.806. The minimum atomic E-state index is 0.564. The molecule has 1 aromatic heterocycles. The van der Waals surface area contributed by atoms with Crippen molar-refractivity contribution in [2.75, 3.05) is 7.11 Å². The van der Waals surface area contributed by atoms with E-state index in [0.717, 1.165) is 5.56 Å². The molecule has 0 aliphatic carbocycles. The molecule has 0 N–H and O–H groups in total. The van der Waals surface area contributed by atoms with Gasteiger partial charge in [0.05, 0.1) is 17.2 Å². The number of hydrogen-bond acceptors (Lipinski definition) is 2. The Morgan fingerprint density at radius 1 is 1.12 bits per heavy atom. The Hall–Kier alpha value is -1.25. The normalized spacial score (nSPS) is 10.4. The molecule has 0 radical (unpaired) electrons. The minimum absolute atomic E-state index is 0.564. The molecule has 1 aromatic carbocycles. The lowest BCUT2D eigenvalue weighted by Crippen LogP contribution is -1.95. The molecule has 2 rings (SSSR count). The highest BCUT2D eigenvalue weighted by Gasteiger charge is 2.15. The van der Waals surface area contributed by atoms with Crippen molar-refractivity contribution in [3.05, 3.63) is 46.1 Å². The van der Waals surface area contributed by atoms with E-state index in [1.165, 1.54) is 0 Å². The number of ether oxygens (including phenoxy) is 1. The Bertz CT molecular complexity index is 535. The molecule has 0 atom stereocenters. The van der Waals surface area contributed by atoms with Gasteiger partial charge in [-0.1, -0.05) is 29.3 Å². The van der Waals surface area contributed by atoms with E-state index in [-0.39, 0.29) is 0 Å². The van der Waals surface area contributed by atoms with Gasteiger partial charge >= 0.3 is 0 Å². The number of rotatable bonds is 2. The molecule has 0 aliphatic rings. The SMILES string of the molecule is COc1c(C)ccnc1-c1c(Cl)cccc1Cl. The zero-order valence-corrected chi connectivity index (χ0v) is 11.0. The summed E-state index contributed by atoms with van der Waals surface area (Å²) in [5, 5.41) is 1.13. The van der Waals surface area contributed by atoms with E-state index in [4.69, 9.17) is 27.9 Å². The van der Waals surface area contributed by atoms with E-state index >= 15 is 0 Å². The number of hydrogen-bond donors (Lipinski definition) is 0. The molecule has 17 heavy (non-hydrogen) atoms. The summed E-state index contributed by atoms with van der Waals surface area (Å²) in [5.74, 6) is 0.697. The van der Waals surface area contributed by atoms with Gasteiger partial charge in [-0.15, -0.1) is 0 Å². The monoisotopic (exact) mass is 267 g/mol. The van der Waals surface area contributed by atoms with E-state index in [9.17, 15) is 0 Å². The second kappa shape index (κ2) is 4.94. The van der Waals surface area contributed by atoms with Crippen molar-refractivity contribution < 1.29 is 4.74 Å². The van der Waals surface area contributed by atoms with Crippen LogP contribution in [0.25, 0.3) is 11.3 Å². The van der Waals surface area contributed by atoms with Gasteiger partial charge in [0.15, 0.2) is 0 Å². The van der Waals surface area contributed by atoms with Crippen molar-refractivity contribution in [1.29, 1.82) is 0 Å². The van der Waals surface area contributed by atoms with E-state index in [1.807, 2.05) is 13.0 Å². The molecule has 0 saturated carbocycles. The summed E-state index contributed by atoms with van der Waals surface area (Å²) in [5.41, 5.74) is 2.37. The standard InChI is InChI=1S/C13H11Cl2NO/c1-8-6-7-16-12(13(8)17-2)11-9(14)4-3-5-10(11)15/h3-7H,1-2H3. The number of pyridine rings is 1. The van der Waals surface area contributed by atoms with Gasteiger partial charge in [0.25, 0.3) is 0 Å². The lowest BCUT2D eigenvalue weighted by molar-refractivity contribution is 0.411. The summed E-state index contributed by atoms with van der Waals surface area (Å²) in [6, 6.07) is 7.25. The molecule has 0 fully saturated rings. The van der Waals surface area contributed by atoms with E-state index < -0.39 is 0 Å². The topological polar surface area (TPSA) is 22.1 Å². The van der Waals surface area contributed by atoms with Gasteiger partial charge in [-0.25, -0.2) is 0 Å². The average molecular weight is 268 g/mol. The van der Waals surface area contributed by atoms with Crippen molar-refractivity contribution in [3.8, 4) is 17.0 Å². The molecule has 0 unspecified atom stereocenters. The fourth-order valence-corrected chi connectivity index (χ4v) is 2.28. The molecule has 2 nitrogen and oxygen atoms in total. The maximum atomic E-state index is 6.17. The highest BCUT2D eigenvalue weighted by molar-refractivity contribution is 6.39. The molecule has 2 aromatic rings. The van der Waals surface area contributed by atoms with E-state index in [1.54, 1.807) is 31.5 Å². The van der Waals surface area contributed by atoms with Crippen LogP contribution in [-0.4, -0.2) is 12.1 Å². The fraction of sp³-hybridized carbons (Fsp3) is 0.154. The predicted octanol–water partition coefficient (Wildman–Crippen LogP) is 4.37. The number of aromatic nitrogens is 1.